The second-order valence-electron chi connectivity index (χ2n) is 3.44. The summed E-state index contributed by atoms with van der Waals surface area (Å²) < 4.78 is 5.20. The molecule has 0 fully saturated rings. The molecule has 0 radical (unpaired) electrons. The maximum atomic E-state index is 10.4. The number of hydrogen-bond donors (Lipinski definition) is 1. The smallest absolute Gasteiger partial charge is 0.242 e. The summed E-state index contributed by atoms with van der Waals surface area (Å²) in [4.78, 5) is 10.4. The summed E-state index contributed by atoms with van der Waals surface area (Å²) in [6.07, 6.45) is 1.53. The number of hydrogen-bond acceptors (Lipinski definition) is 4. The topological polar surface area (TPSA) is 50.7 Å². The number of carbonyl (C=O) groups is 1. The lowest BCUT2D eigenvalue weighted by Crippen LogP contribution is -2.22. The van der Waals surface area contributed by atoms with Gasteiger partial charge in [0.1, 0.15) is 0 Å². The summed E-state index contributed by atoms with van der Waals surface area (Å²) in [6, 6.07) is 7.62. The number of benzene rings is 1. The standard InChI is InChI=1S/C11H11ClN2O2/c12-9-4-1-8(2-5-9)3-6-10-13-14-11(7-15)16-10/h1-2,4-5,7,11,14H,3,6H2. The first-order chi connectivity index (χ1) is 7.78. The Hall–Kier alpha value is -1.55. The van der Waals surface area contributed by atoms with Gasteiger partial charge in [0, 0.05) is 11.4 Å². The van der Waals surface area contributed by atoms with E-state index in [0.717, 1.165) is 17.0 Å². The Bertz CT molecular complexity index is 403. The molecule has 1 heterocycles. The van der Waals surface area contributed by atoms with Crippen molar-refractivity contribution in [3.63, 3.8) is 0 Å². The van der Waals surface area contributed by atoms with Crippen molar-refractivity contribution < 1.29 is 9.53 Å². The fourth-order valence-electron chi connectivity index (χ4n) is 1.41. The zero-order valence-electron chi connectivity index (χ0n) is 8.52. The Morgan fingerprint density at radius 1 is 1.38 bits per heavy atom. The highest BCUT2D eigenvalue weighted by atomic mass is 35.5. The third kappa shape index (κ3) is 2.73. The lowest BCUT2D eigenvalue weighted by molar-refractivity contribution is -0.114. The Labute approximate surface area is 98.2 Å². The Kier molecular flexibility index (Phi) is 3.41. The predicted molar refractivity (Wildman–Crippen MR) is 61.3 cm³/mol. The number of hydrazone groups is 1. The molecule has 0 aromatic heterocycles. The van der Waals surface area contributed by atoms with E-state index in [1.165, 1.54) is 0 Å². The van der Waals surface area contributed by atoms with Gasteiger partial charge < -0.3 is 4.74 Å². The number of nitrogens with zero attached hydrogens (tertiary/aromatic N) is 1. The molecule has 0 spiro atoms. The maximum absolute atomic E-state index is 10.4. The van der Waals surface area contributed by atoms with E-state index in [4.69, 9.17) is 16.3 Å². The van der Waals surface area contributed by atoms with Crippen LogP contribution in [0.3, 0.4) is 0 Å². The van der Waals surface area contributed by atoms with Gasteiger partial charge in [-0.15, -0.1) is 5.10 Å². The van der Waals surface area contributed by atoms with E-state index in [1.807, 2.05) is 24.3 Å². The highest BCUT2D eigenvalue weighted by Crippen LogP contribution is 2.12. The molecule has 1 atom stereocenters. The minimum Gasteiger partial charge on any atom is -0.447 e. The molecule has 0 amide bonds. The lowest BCUT2D eigenvalue weighted by Gasteiger charge is -2.03. The van der Waals surface area contributed by atoms with E-state index in [2.05, 4.69) is 10.5 Å². The van der Waals surface area contributed by atoms with Gasteiger partial charge in [-0.05, 0) is 24.1 Å². The van der Waals surface area contributed by atoms with Crippen LogP contribution in [0.4, 0.5) is 0 Å². The molecule has 0 saturated carbocycles. The summed E-state index contributed by atoms with van der Waals surface area (Å²) in [5.41, 5.74) is 3.74. The van der Waals surface area contributed by atoms with Crippen molar-refractivity contribution in [1.29, 1.82) is 0 Å². The number of aldehydes is 1. The average Bonchev–Trinajstić information content (AvgIpc) is 2.76. The first-order valence-corrected chi connectivity index (χ1v) is 5.34. The molecular formula is C11H11ClN2O2. The Morgan fingerprint density at radius 3 is 2.75 bits per heavy atom. The second-order valence-corrected chi connectivity index (χ2v) is 3.87. The van der Waals surface area contributed by atoms with E-state index >= 15 is 0 Å². The van der Waals surface area contributed by atoms with Gasteiger partial charge in [-0.2, -0.15) is 0 Å². The Morgan fingerprint density at radius 2 is 2.12 bits per heavy atom. The van der Waals surface area contributed by atoms with Crippen LogP contribution < -0.4 is 5.43 Å². The molecule has 2 rings (SSSR count). The molecule has 0 aliphatic carbocycles. The monoisotopic (exact) mass is 238 g/mol. The molecular weight excluding hydrogens is 228 g/mol. The quantitative estimate of drug-likeness (QED) is 0.813. The number of nitrogens with one attached hydrogen (secondary N) is 1. The molecule has 1 aliphatic rings. The first-order valence-electron chi connectivity index (χ1n) is 4.96. The van der Waals surface area contributed by atoms with Crippen molar-refractivity contribution in [2.75, 3.05) is 0 Å². The second kappa shape index (κ2) is 4.99. The van der Waals surface area contributed by atoms with Gasteiger partial charge in [-0.3, -0.25) is 10.2 Å². The third-order valence-corrected chi connectivity index (χ3v) is 2.50. The molecule has 5 heteroatoms. The van der Waals surface area contributed by atoms with Crippen LogP contribution >= 0.6 is 11.6 Å². The molecule has 1 N–H and O–H groups in total. The lowest BCUT2D eigenvalue weighted by atomic mass is 10.1. The van der Waals surface area contributed by atoms with E-state index in [-0.39, 0.29) is 0 Å². The summed E-state index contributed by atoms with van der Waals surface area (Å²) in [7, 11) is 0. The van der Waals surface area contributed by atoms with E-state index in [0.29, 0.717) is 18.6 Å². The van der Waals surface area contributed by atoms with Crippen molar-refractivity contribution in [1.82, 2.24) is 5.43 Å². The van der Waals surface area contributed by atoms with Crippen molar-refractivity contribution in [2.45, 2.75) is 19.1 Å². The van der Waals surface area contributed by atoms with Gasteiger partial charge in [0.25, 0.3) is 0 Å². The number of carbonyl (C=O) groups excluding carboxylic acids is 1. The van der Waals surface area contributed by atoms with Crippen molar-refractivity contribution in [3.8, 4) is 0 Å². The van der Waals surface area contributed by atoms with Crippen molar-refractivity contribution >= 4 is 23.8 Å². The minimum atomic E-state index is -0.625. The molecule has 1 unspecified atom stereocenters. The first kappa shape index (κ1) is 11.0. The third-order valence-electron chi connectivity index (χ3n) is 2.24. The summed E-state index contributed by atoms with van der Waals surface area (Å²) in [5, 5.41) is 4.63. The highest BCUT2D eigenvalue weighted by Gasteiger charge is 2.17. The van der Waals surface area contributed by atoms with Crippen LogP contribution in [0, 0.1) is 0 Å². The van der Waals surface area contributed by atoms with Crippen molar-refractivity contribution in [2.24, 2.45) is 5.10 Å². The van der Waals surface area contributed by atoms with E-state index in [9.17, 15) is 4.79 Å². The molecule has 84 valence electrons. The van der Waals surface area contributed by atoms with Crippen LogP contribution in [0.15, 0.2) is 29.4 Å². The molecule has 1 aliphatic heterocycles. The predicted octanol–water partition coefficient (Wildman–Crippen LogP) is 1.73. The zero-order valence-corrected chi connectivity index (χ0v) is 9.28. The summed E-state index contributed by atoms with van der Waals surface area (Å²) in [6.45, 7) is 0. The largest absolute Gasteiger partial charge is 0.447 e. The summed E-state index contributed by atoms with van der Waals surface area (Å²) in [5.74, 6) is 0.562. The number of rotatable bonds is 4. The van der Waals surface area contributed by atoms with E-state index in [1.54, 1.807) is 0 Å². The van der Waals surface area contributed by atoms with Gasteiger partial charge in [0.15, 0.2) is 6.29 Å². The Balaban J connectivity index is 1.84. The zero-order chi connectivity index (χ0) is 11.4. The number of ether oxygens (including phenoxy) is 1. The molecule has 16 heavy (non-hydrogen) atoms. The van der Waals surface area contributed by atoms with Crippen LogP contribution in [0.1, 0.15) is 12.0 Å². The van der Waals surface area contributed by atoms with Gasteiger partial charge in [0.05, 0.1) is 0 Å². The highest BCUT2D eigenvalue weighted by molar-refractivity contribution is 6.30. The molecule has 1 aromatic carbocycles. The van der Waals surface area contributed by atoms with E-state index < -0.39 is 6.23 Å². The average molecular weight is 239 g/mol. The summed E-state index contributed by atoms with van der Waals surface area (Å²) >= 11 is 5.78. The fraction of sp³-hybridized carbons (Fsp3) is 0.273. The van der Waals surface area contributed by atoms with Crippen LogP contribution in [0.5, 0.6) is 0 Å². The van der Waals surface area contributed by atoms with Crippen LogP contribution in [0.25, 0.3) is 0 Å². The maximum Gasteiger partial charge on any atom is 0.242 e. The molecule has 4 nitrogen and oxygen atoms in total. The number of halogens is 1. The van der Waals surface area contributed by atoms with Crippen molar-refractivity contribution in [3.05, 3.63) is 34.9 Å². The molecule has 1 aromatic rings. The minimum absolute atomic E-state index is 0.562. The molecule has 0 saturated heterocycles. The molecule has 0 bridgehead atoms. The van der Waals surface area contributed by atoms with Gasteiger partial charge in [-0.1, -0.05) is 23.7 Å². The van der Waals surface area contributed by atoms with Crippen LogP contribution in [-0.4, -0.2) is 18.4 Å². The van der Waals surface area contributed by atoms with Crippen LogP contribution in [-0.2, 0) is 16.0 Å². The van der Waals surface area contributed by atoms with Crippen LogP contribution in [0.2, 0.25) is 5.02 Å². The van der Waals surface area contributed by atoms with Gasteiger partial charge in [0.2, 0.25) is 12.1 Å². The normalized spacial score (nSPS) is 18.6. The van der Waals surface area contributed by atoms with Gasteiger partial charge in [-0.25, -0.2) is 0 Å². The van der Waals surface area contributed by atoms with Gasteiger partial charge >= 0.3 is 0 Å². The SMILES string of the molecule is O=CC1NN=C(CCc2ccc(Cl)cc2)O1. The number of aryl methyl sites for hydroxylation is 1. The fourth-order valence-corrected chi connectivity index (χ4v) is 1.54.